The van der Waals surface area contributed by atoms with Crippen LogP contribution in [0.2, 0.25) is 10.0 Å². The molecule has 0 N–H and O–H groups in total. The summed E-state index contributed by atoms with van der Waals surface area (Å²) in [7, 11) is 0. The number of benzene rings is 2. The van der Waals surface area contributed by atoms with Gasteiger partial charge in [-0.1, -0.05) is 83.9 Å². The predicted octanol–water partition coefficient (Wildman–Crippen LogP) is 6.39. The molecule has 0 aliphatic carbocycles. The maximum absolute atomic E-state index is 6.38. The van der Waals surface area contributed by atoms with Crippen molar-refractivity contribution in [3.8, 4) is 20.9 Å². The van der Waals surface area contributed by atoms with Gasteiger partial charge in [-0.3, -0.25) is 0 Å². The zero-order valence-electron chi connectivity index (χ0n) is 9.94. The maximum Gasteiger partial charge on any atom is 0.0785 e. The van der Waals surface area contributed by atoms with Gasteiger partial charge in [-0.25, -0.2) is 0 Å². The van der Waals surface area contributed by atoms with Gasteiger partial charge in [-0.15, -0.1) is 11.3 Å². The first-order chi connectivity index (χ1) is 9.27. The Bertz CT molecular complexity index is 628. The molecule has 0 nitrogen and oxygen atoms in total. The summed E-state index contributed by atoms with van der Waals surface area (Å²) in [6.07, 6.45) is 0. The van der Waals surface area contributed by atoms with E-state index in [0.717, 1.165) is 20.9 Å². The second kappa shape index (κ2) is 5.38. The lowest BCUT2D eigenvalue weighted by atomic mass is 10.1. The molecule has 0 bridgehead atoms. The zero-order chi connectivity index (χ0) is 13.2. The molecule has 0 aliphatic rings. The lowest BCUT2D eigenvalue weighted by molar-refractivity contribution is 1.69. The second-order valence-electron chi connectivity index (χ2n) is 4.12. The van der Waals surface area contributed by atoms with Crippen molar-refractivity contribution in [3.63, 3.8) is 0 Å². The molecule has 0 fully saturated rings. The van der Waals surface area contributed by atoms with Gasteiger partial charge >= 0.3 is 0 Å². The first-order valence-corrected chi connectivity index (χ1v) is 7.43. The Balaban J connectivity index is 2.16. The average Bonchev–Trinajstić information content (AvgIpc) is 2.77. The predicted molar refractivity (Wildman–Crippen MR) is 85.2 cm³/mol. The Labute approximate surface area is 126 Å². The Hall–Kier alpha value is -1.28. The van der Waals surface area contributed by atoms with Gasteiger partial charge < -0.3 is 0 Å². The van der Waals surface area contributed by atoms with Crippen molar-refractivity contribution in [2.45, 2.75) is 0 Å². The van der Waals surface area contributed by atoms with E-state index in [2.05, 4.69) is 0 Å². The highest BCUT2D eigenvalue weighted by Gasteiger charge is 2.17. The summed E-state index contributed by atoms with van der Waals surface area (Å²) in [6, 6.07) is 20.2. The zero-order valence-corrected chi connectivity index (χ0v) is 12.3. The second-order valence-corrected chi connectivity index (χ2v) is 5.90. The van der Waals surface area contributed by atoms with Crippen molar-refractivity contribution >= 4 is 34.5 Å². The summed E-state index contributed by atoms with van der Waals surface area (Å²) in [4.78, 5) is 2.04. The Morgan fingerprint density at radius 1 is 0.579 bits per heavy atom. The fraction of sp³-hybridized carbons (Fsp3) is 0. The molecule has 0 unspecified atom stereocenters. The number of rotatable bonds is 2. The number of halogens is 2. The summed E-state index contributed by atoms with van der Waals surface area (Å²) in [5, 5.41) is 1.27. The Morgan fingerprint density at radius 2 is 0.947 bits per heavy atom. The van der Waals surface area contributed by atoms with Crippen LogP contribution in [-0.2, 0) is 0 Å². The van der Waals surface area contributed by atoms with Crippen LogP contribution in [0.3, 0.4) is 0 Å². The van der Waals surface area contributed by atoms with Gasteiger partial charge in [0, 0.05) is 0 Å². The van der Waals surface area contributed by atoms with Crippen molar-refractivity contribution in [1.82, 2.24) is 0 Å². The van der Waals surface area contributed by atoms with Crippen LogP contribution in [0.5, 0.6) is 0 Å². The fourth-order valence-corrected chi connectivity index (χ4v) is 3.79. The summed E-state index contributed by atoms with van der Waals surface area (Å²) in [5.74, 6) is 0. The van der Waals surface area contributed by atoms with Crippen LogP contribution in [0.1, 0.15) is 0 Å². The highest BCUT2D eigenvalue weighted by atomic mass is 35.5. The van der Waals surface area contributed by atoms with Gasteiger partial charge in [0.15, 0.2) is 0 Å². The highest BCUT2D eigenvalue weighted by molar-refractivity contribution is 7.20. The van der Waals surface area contributed by atoms with Crippen LogP contribution < -0.4 is 0 Å². The normalized spacial score (nSPS) is 10.6. The maximum atomic E-state index is 6.38. The molecule has 0 aliphatic heterocycles. The quantitative estimate of drug-likeness (QED) is 0.514. The molecule has 19 heavy (non-hydrogen) atoms. The standard InChI is InChI=1S/C16H10Cl2S/c17-13-14(18)16(12-9-5-2-6-10-12)19-15(13)11-7-3-1-4-8-11/h1-10H. The Kier molecular flexibility index (Phi) is 3.61. The van der Waals surface area contributed by atoms with E-state index in [-0.39, 0.29) is 0 Å². The molecule has 1 heterocycles. The average molecular weight is 305 g/mol. The van der Waals surface area contributed by atoms with Crippen molar-refractivity contribution in [1.29, 1.82) is 0 Å². The molecule has 3 rings (SSSR count). The SMILES string of the molecule is Clc1c(-c2ccccc2)sc(-c2ccccc2)c1Cl. The molecular weight excluding hydrogens is 295 g/mol. The van der Waals surface area contributed by atoms with E-state index in [1.165, 1.54) is 0 Å². The van der Waals surface area contributed by atoms with Gasteiger partial charge in [-0.05, 0) is 11.1 Å². The minimum absolute atomic E-state index is 0.636. The van der Waals surface area contributed by atoms with Gasteiger partial charge in [0.05, 0.1) is 19.8 Å². The highest BCUT2D eigenvalue weighted by Crippen LogP contribution is 2.47. The van der Waals surface area contributed by atoms with E-state index in [9.17, 15) is 0 Å². The van der Waals surface area contributed by atoms with Crippen LogP contribution in [0.4, 0.5) is 0 Å². The van der Waals surface area contributed by atoms with Crippen LogP contribution in [0, 0.1) is 0 Å². The lowest BCUT2D eigenvalue weighted by Crippen LogP contribution is -1.71. The van der Waals surface area contributed by atoms with E-state index in [1.807, 2.05) is 60.7 Å². The Morgan fingerprint density at radius 3 is 1.32 bits per heavy atom. The number of hydrogen-bond acceptors (Lipinski definition) is 1. The van der Waals surface area contributed by atoms with E-state index < -0.39 is 0 Å². The molecular formula is C16H10Cl2S. The molecule has 0 saturated heterocycles. The number of hydrogen-bond donors (Lipinski definition) is 0. The van der Waals surface area contributed by atoms with Crippen LogP contribution >= 0.6 is 34.5 Å². The minimum atomic E-state index is 0.636. The van der Waals surface area contributed by atoms with Crippen molar-refractivity contribution in [2.75, 3.05) is 0 Å². The summed E-state index contributed by atoms with van der Waals surface area (Å²) in [6.45, 7) is 0. The van der Waals surface area contributed by atoms with E-state index in [1.54, 1.807) is 11.3 Å². The van der Waals surface area contributed by atoms with Crippen LogP contribution in [-0.4, -0.2) is 0 Å². The van der Waals surface area contributed by atoms with Gasteiger partial charge in [0.1, 0.15) is 0 Å². The molecule has 1 aromatic heterocycles. The molecule has 0 saturated carbocycles. The third-order valence-electron chi connectivity index (χ3n) is 2.87. The first kappa shape index (κ1) is 12.7. The fourth-order valence-electron chi connectivity index (χ4n) is 1.94. The summed E-state index contributed by atoms with van der Waals surface area (Å²) in [5.41, 5.74) is 2.20. The molecule has 3 aromatic rings. The molecule has 94 valence electrons. The van der Waals surface area contributed by atoms with Gasteiger partial charge in [0.2, 0.25) is 0 Å². The molecule has 3 heteroatoms. The minimum Gasteiger partial charge on any atom is -0.132 e. The first-order valence-electron chi connectivity index (χ1n) is 5.86. The third kappa shape index (κ3) is 2.42. The smallest absolute Gasteiger partial charge is 0.0785 e. The van der Waals surface area contributed by atoms with Crippen molar-refractivity contribution in [3.05, 3.63) is 70.7 Å². The largest absolute Gasteiger partial charge is 0.132 e. The third-order valence-corrected chi connectivity index (χ3v) is 5.23. The van der Waals surface area contributed by atoms with Gasteiger partial charge in [-0.2, -0.15) is 0 Å². The molecule has 0 radical (unpaired) electrons. The van der Waals surface area contributed by atoms with Crippen LogP contribution in [0.25, 0.3) is 20.9 Å². The van der Waals surface area contributed by atoms with E-state index >= 15 is 0 Å². The van der Waals surface area contributed by atoms with Crippen LogP contribution in [0.15, 0.2) is 60.7 Å². The van der Waals surface area contributed by atoms with Crippen molar-refractivity contribution < 1.29 is 0 Å². The molecule has 0 amide bonds. The summed E-state index contributed by atoms with van der Waals surface area (Å²) < 4.78 is 0. The van der Waals surface area contributed by atoms with Crippen molar-refractivity contribution in [2.24, 2.45) is 0 Å². The summed E-state index contributed by atoms with van der Waals surface area (Å²) >= 11 is 14.4. The molecule has 0 atom stereocenters. The monoisotopic (exact) mass is 304 g/mol. The molecule has 0 spiro atoms. The molecule has 2 aromatic carbocycles. The number of thiophene rings is 1. The van der Waals surface area contributed by atoms with E-state index in [0.29, 0.717) is 10.0 Å². The lowest BCUT2D eigenvalue weighted by Gasteiger charge is -1.97. The topological polar surface area (TPSA) is 0 Å². The van der Waals surface area contributed by atoms with Gasteiger partial charge in [0.25, 0.3) is 0 Å². The van der Waals surface area contributed by atoms with E-state index in [4.69, 9.17) is 23.2 Å².